The Morgan fingerprint density at radius 2 is 2.30 bits per heavy atom. The lowest BCUT2D eigenvalue weighted by molar-refractivity contribution is -0.142. The van der Waals surface area contributed by atoms with Crippen LogP contribution in [0.4, 0.5) is 0 Å². The van der Waals surface area contributed by atoms with Gasteiger partial charge in [-0.2, -0.15) is 0 Å². The van der Waals surface area contributed by atoms with Crippen LogP contribution in [0.25, 0.3) is 0 Å². The summed E-state index contributed by atoms with van der Waals surface area (Å²) in [6.45, 7) is 1.30. The number of carboxylic acid groups (broad SMARTS) is 1. The number of hydrogen-bond donors (Lipinski definition) is 3. The number of nitrogens with two attached hydrogens (primary N) is 1. The van der Waals surface area contributed by atoms with Crippen molar-refractivity contribution in [3.63, 3.8) is 0 Å². The summed E-state index contributed by atoms with van der Waals surface area (Å²) >= 11 is 0. The molecule has 0 aliphatic carbocycles. The van der Waals surface area contributed by atoms with E-state index in [-0.39, 0.29) is 12.0 Å². The van der Waals surface area contributed by atoms with Crippen LogP contribution in [0, 0.1) is 5.92 Å². The highest BCUT2D eigenvalue weighted by atomic mass is 16.4. The Morgan fingerprint density at radius 3 is 2.70 bits per heavy atom. The summed E-state index contributed by atoms with van der Waals surface area (Å²) in [5, 5.41) is 11.5. The number of carboxylic acids is 1. The molecule has 0 aromatic rings. The molecule has 0 bridgehead atoms. The van der Waals surface area contributed by atoms with Gasteiger partial charge in [0.15, 0.2) is 0 Å². The molecule has 10 heavy (non-hydrogen) atoms. The molecule has 1 heterocycles. The average Bonchev–Trinajstić information content (AvgIpc) is 1.88. The van der Waals surface area contributed by atoms with Gasteiger partial charge < -0.3 is 16.2 Å². The highest BCUT2D eigenvalue weighted by Gasteiger charge is 2.23. The van der Waals surface area contributed by atoms with Crippen molar-refractivity contribution in [3.05, 3.63) is 0 Å². The zero-order valence-corrected chi connectivity index (χ0v) is 5.71. The minimum Gasteiger partial charge on any atom is -0.481 e. The minimum atomic E-state index is -0.748. The van der Waals surface area contributed by atoms with Crippen molar-refractivity contribution in [1.82, 2.24) is 5.32 Å². The van der Waals surface area contributed by atoms with E-state index < -0.39 is 5.97 Å². The van der Waals surface area contributed by atoms with Crippen molar-refractivity contribution >= 4 is 5.97 Å². The van der Waals surface area contributed by atoms with E-state index in [2.05, 4.69) is 5.32 Å². The van der Waals surface area contributed by atoms with E-state index in [1.54, 1.807) is 0 Å². The van der Waals surface area contributed by atoms with Crippen LogP contribution in [0.3, 0.4) is 0 Å². The Bertz CT molecular complexity index is 138. The summed E-state index contributed by atoms with van der Waals surface area (Å²) in [4.78, 5) is 10.4. The Hall–Kier alpha value is -0.610. The van der Waals surface area contributed by atoms with E-state index in [4.69, 9.17) is 10.8 Å². The molecule has 4 N–H and O–H groups in total. The highest BCUT2D eigenvalue weighted by molar-refractivity contribution is 5.70. The van der Waals surface area contributed by atoms with Crippen molar-refractivity contribution < 1.29 is 9.90 Å². The van der Waals surface area contributed by atoms with E-state index in [0.717, 1.165) is 6.54 Å². The first-order valence-electron chi connectivity index (χ1n) is 3.39. The van der Waals surface area contributed by atoms with E-state index in [1.807, 2.05) is 0 Å². The lowest BCUT2D eigenvalue weighted by atomic mass is 9.97. The normalized spacial score (nSPS) is 33.7. The van der Waals surface area contributed by atoms with Crippen LogP contribution in [0.15, 0.2) is 0 Å². The van der Waals surface area contributed by atoms with Crippen molar-refractivity contribution in [2.24, 2.45) is 11.7 Å². The predicted molar refractivity (Wildman–Crippen MR) is 36.6 cm³/mol. The van der Waals surface area contributed by atoms with Crippen LogP contribution in [0.1, 0.15) is 6.42 Å². The smallest absolute Gasteiger partial charge is 0.307 e. The molecule has 1 saturated heterocycles. The number of nitrogens with one attached hydrogen (secondary N) is 1. The molecule has 58 valence electrons. The Kier molecular flexibility index (Phi) is 2.24. The van der Waals surface area contributed by atoms with Gasteiger partial charge in [-0.25, -0.2) is 0 Å². The number of rotatable bonds is 1. The molecule has 4 nitrogen and oxygen atoms in total. The Labute approximate surface area is 59.4 Å². The Balaban J connectivity index is 2.39. The second kappa shape index (κ2) is 2.98. The third-order valence-corrected chi connectivity index (χ3v) is 1.73. The fraction of sp³-hybridized carbons (Fsp3) is 0.833. The first-order valence-corrected chi connectivity index (χ1v) is 3.39. The fourth-order valence-electron chi connectivity index (χ4n) is 1.16. The van der Waals surface area contributed by atoms with Crippen LogP contribution in [-0.2, 0) is 4.79 Å². The lowest BCUT2D eigenvalue weighted by Crippen LogP contribution is -2.46. The summed E-state index contributed by atoms with van der Waals surface area (Å²) in [6, 6.07) is 0.00912. The van der Waals surface area contributed by atoms with Gasteiger partial charge in [-0.05, 0) is 6.42 Å². The number of carbonyl (C=O) groups is 1. The number of aliphatic carboxylic acids is 1. The number of piperidine rings is 1. The third kappa shape index (κ3) is 1.68. The molecule has 2 atom stereocenters. The van der Waals surface area contributed by atoms with Crippen LogP contribution >= 0.6 is 0 Å². The average molecular weight is 144 g/mol. The molecule has 1 rings (SSSR count). The molecule has 1 fully saturated rings. The maximum absolute atomic E-state index is 10.4. The molecule has 4 heteroatoms. The van der Waals surface area contributed by atoms with Gasteiger partial charge in [0, 0.05) is 19.1 Å². The predicted octanol–water partition coefficient (Wildman–Crippen LogP) is -0.992. The van der Waals surface area contributed by atoms with Crippen molar-refractivity contribution in [2.75, 3.05) is 13.1 Å². The Morgan fingerprint density at radius 1 is 1.60 bits per heavy atom. The molecular weight excluding hydrogens is 132 g/mol. The third-order valence-electron chi connectivity index (χ3n) is 1.73. The van der Waals surface area contributed by atoms with Gasteiger partial charge >= 0.3 is 5.97 Å². The summed E-state index contributed by atoms with van der Waals surface area (Å²) in [7, 11) is 0. The van der Waals surface area contributed by atoms with Gasteiger partial charge in [-0.3, -0.25) is 4.79 Å². The summed E-state index contributed by atoms with van der Waals surface area (Å²) in [6.07, 6.45) is 0.600. The summed E-state index contributed by atoms with van der Waals surface area (Å²) < 4.78 is 0. The quantitative estimate of drug-likeness (QED) is 0.441. The molecule has 0 unspecified atom stereocenters. The zero-order chi connectivity index (χ0) is 7.56. The van der Waals surface area contributed by atoms with Crippen LogP contribution in [0.2, 0.25) is 0 Å². The second-order valence-corrected chi connectivity index (χ2v) is 2.69. The van der Waals surface area contributed by atoms with Gasteiger partial charge in [0.25, 0.3) is 0 Å². The van der Waals surface area contributed by atoms with Crippen molar-refractivity contribution in [1.29, 1.82) is 0 Å². The SMILES string of the molecule is N[C@H]1CNC[C@@H](C(=O)O)C1. The first-order chi connectivity index (χ1) is 4.70. The van der Waals surface area contributed by atoms with E-state index in [0.29, 0.717) is 13.0 Å². The summed E-state index contributed by atoms with van der Waals surface area (Å²) in [5.74, 6) is -1.04. The van der Waals surface area contributed by atoms with Crippen molar-refractivity contribution in [3.8, 4) is 0 Å². The van der Waals surface area contributed by atoms with E-state index >= 15 is 0 Å². The molecule has 0 radical (unpaired) electrons. The van der Waals surface area contributed by atoms with E-state index in [9.17, 15) is 4.79 Å². The van der Waals surface area contributed by atoms with Gasteiger partial charge in [0.05, 0.1) is 5.92 Å². The maximum atomic E-state index is 10.4. The molecule has 0 saturated carbocycles. The fourth-order valence-corrected chi connectivity index (χ4v) is 1.16. The summed E-state index contributed by atoms with van der Waals surface area (Å²) in [5.41, 5.74) is 5.54. The topological polar surface area (TPSA) is 75.3 Å². The molecule has 1 aliphatic rings. The van der Waals surface area contributed by atoms with Crippen molar-refractivity contribution in [2.45, 2.75) is 12.5 Å². The van der Waals surface area contributed by atoms with Gasteiger partial charge in [-0.1, -0.05) is 0 Å². The number of hydrogen-bond acceptors (Lipinski definition) is 3. The largest absolute Gasteiger partial charge is 0.481 e. The van der Waals surface area contributed by atoms with Gasteiger partial charge in [0.2, 0.25) is 0 Å². The van der Waals surface area contributed by atoms with Crippen LogP contribution in [-0.4, -0.2) is 30.2 Å². The molecule has 0 amide bonds. The van der Waals surface area contributed by atoms with Gasteiger partial charge in [-0.15, -0.1) is 0 Å². The zero-order valence-electron chi connectivity index (χ0n) is 5.71. The van der Waals surface area contributed by atoms with Crippen LogP contribution < -0.4 is 11.1 Å². The van der Waals surface area contributed by atoms with E-state index in [1.165, 1.54) is 0 Å². The monoisotopic (exact) mass is 144 g/mol. The van der Waals surface area contributed by atoms with Gasteiger partial charge in [0.1, 0.15) is 0 Å². The molecule has 1 aliphatic heterocycles. The molecule has 0 spiro atoms. The first kappa shape index (κ1) is 7.50. The standard InChI is InChI=1S/C6H12N2O2/c7-5-1-4(6(9)10)2-8-3-5/h4-5,8H,1-3,7H2,(H,9,10)/t4-,5+/m0/s1. The molecule has 0 aromatic carbocycles. The minimum absolute atomic E-state index is 0.00912. The molecular formula is C6H12N2O2. The lowest BCUT2D eigenvalue weighted by Gasteiger charge is -2.24. The van der Waals surface area contributed by atoms with Crippen LogP contribution in [0.5, 0.6) is 0 Å². The maximum Gasteiger partial charge on any atom is 0.307 e. The second-order valence-electron chi connectivity index (χ2n) is 2.69. The molecule has 0 aromatic heterocycles. The highest BCUT2D eigenvalue weighted by Crippen LogP contribution is 2.08.